The van der Waals surface area contributed by atoms with Crippen LogP contribution in [0.2, 0.25) is 5.02 Å². The third-order valence-electron chi connectivity index (χ3n) is 4.83. The summed E-state index contributed by atoms with van der Waals surface area (Å²) in [4.78, 5) is 12.6. The van der Waals surface area contributed by atoms with Gasteiger partial charge in [-0.3, -0.25) is 9.80 Å². The molecule has 2 aromatic carbocycles. The van der Waals surface area contributed by atoms with Crippen LogP contribution < -0.4 is 10.7 Å². The highest BCUT2D eigenvalue weighted by Crippen LogP contribution is 2.41. The van der Waals surface area contributed by atoms with E-state index in [-0.39, 0.29) is 0 Å². The molecule has 0 spiro atoms. The van der Waals surface area contributed by atoms with Gasteiger partial charge >= 0.3 is 6.18 Å². The van der Waals surface area contributed by atoms with Crippen molar-refractivity contribution in [1.82, 2.24) is 15.8 Å². The highest BCUT2D eigenvalue weighted by Gasteiger charge is 2.57. The Morgan fingerprint density at radius 3 is 2.29 bits per heavy atom. The Labute approximate surface area is 172 Å². The highest BCUT2D eigenvalue weighted by atomic mass is 79.9. The van der Waals surface area contributed by atoms with Crippen LogP contribution in [0.25, 0.3) is 5.70 Å². The zero-order valence-corrected chi connectivity index (χ0v) is 16.5. The minimum Gasteiger partial charge on any atom is -0.363 e. The van der Waals surface area contributed by atoms with Crippen LogP contribution in [-0.2, 0) is 4.79 Å². The number of carbonyl (C=O) groups excluding carboxylic acids is 1. The number of hydrogen-bond acceptors (Lipinski definition) is 3. The summed E-state index contributed by atoms with van der Waals surface area (Å²) < 4.78 is 42.1. The van der Waals surface area contributed by atoms with Crippen LogP contribution in [0, 0.1) is 0 Å². The molecular weight excluding hydrogens is 459 g/mol. The SMILES string of the molecule is O=C1C=C(c2ccc(Br)cc2)NC2C(c3ccc(Cl)cc3)C(C(F)(F)F)NN12. The Balaban J connectivity index is 1.73. The van der Waals surface area contributed by atoms with Crippen LogP contribution in [-0.4, -0.2) is 29.3 Å². The zero-order chi connectivity index (χ0) is 20.1. The number of rotatable bonds is 2. The summed E-state index contributed by atoms with van der Waals surface area (Å²) in [5.41, 5.74) is 3.96. The summed E-state index contributed by atoms with van der Waals surface area (Å²) in [5, 5.41) is 4.54. The molecule has 146 valence electrons. The number of benzene rings is 2. The Kier molecular flexibility index (Phi) is 4.89. The topological polar surface area (TPSA) is 44.4 Å². The molecule has 28 heavy (non-hydrogen) atoms. The molecule has 0 radical (unpaired) electrons. The first-order chi connectivity index (χ1) is 13.2. The zero-order valence-electron chi connectivity index (χ0n) is 14.2. The number of halogens is 5. The van der Waals surface area contributed by atoms with Gasteiger partial charge in [-0.05, 0) is 35.4 Å². The summed E-state index contributed by atoms with van der Waals surface area (Å²) in [5.74, 6) is -1.58. The number of amides is 1. The van der Waals surface area contributed by atoms with Gasteiger partial charge in [-0.15, -0.1) is 0 Å². The van der Waals surface area contributed by atoms with E-state index in [9.17, 15) is 18.0 Å². The number of carbonyl (C=O) groups is 1. The maximum Gasteiger partial charge on any atom is 0.406 e. The van der Waals surface area contributed by atoms with Crippen LogP contribution in [0.5, 0.6) is 0 Å². The van der Waals surface area contributed by atoms with E-state index in [0.29, 0.717) is 21.8 Å². The summed E-state index contributed by atoms with van der Waals surface area (Å²) in [6, 6.07) is 11.5. The summed E-state index contributed by atoms with van der Waals surface area (Å²) in [6.45, 7) is 0. The summed E-state index contributed by atoms with van der Waals surface area (Å²) >= 11 is 9.23. The quantitative estimate of drug-likeness (QED) is 0.680. The minimum absolute atomic E-state index is 0.429. The monoisotopic (exact) mass is 471 g/mol. The van der Waals surface area contributed by atoms with E-state index in [1.165, 1.54) is 6.08 Å². The number of fused-ring (bicyclic) bond motifs is 1. The van der Waals surface area contributed by atoms with Crippen molar-refractivity contribution in [1.29, 1.82) is 0 Å². The first-order valence-electron chi connectivity index (χ1n) is 8.40. The van der Waals surface area contributed by atoms with Crippen molar-refractivity contribution in [2.75, 3.05) is 0 Å². The molecule has 1 amide bonds. The molecule has 2 aromatic rings. The molecule has 1 saturated heterocycles. The van der Waals surface area contributed by atoms with Crippen LogP contribution in [0.3, 0.4) is 0 Å². The fourth-order valence-corrected chi connectivity index (χ4v) is 3.93. The maximum atomic E-state index is 13.7. The van der Waals surface area contributed by atoms with Gasteiger partial charge in [-0.1, -0.05) is 51.8 Å². The van der Waals surface area contributed by atoms with Crippen LogP contribution >= 0.6 is 27.5 Å². The minimum atomic E-state index is -4.54. The first kappa shape index (κ1) is 19.3. The fourth-order valence-electron chi connectivity index (χ4n) is 3.54. The van der Waals surface area contributed by atoms with Crippen molar-refractivity contribution in [3.05, 3.63) is 75.2 Å². The maximum absolute atomic E-state index is 13.7. The van der Waals surface area contributed by atoms with Gasteiger partial charge in [0, 0.05) is 21.3 Å². The molecule has 0 bridgehead atoms. The number of hydrazine groups is 1. The first-order valence-corrected chi connectivity index (χ1v) is 9.57. The van der Waals surface area contributed by atoms with Gasteiger partial charge < -0.3 is 5.32 Å². The Hall–Kier alpha value is -2.03. The van der Waals surface area contributed by atoms with Crippen LogP contribution in [0.1, 0.15) is 17.0 Å². The van der Waals surface area contributed by atoms with Gasteiger partial charge in [-0.25, -0.2) is 5.43 Å². The molecule has 3 unspecified atom stereocenters. The van der Waals surface area contributed by atoms with Crippen molar-refractivity contribution in [2.24, 2.45) is 0 Å². The lowest BCUT2D eigenvalue weighted by molar-refractivity contribution is -0.161. The van der Waals surface area contributed by atoms with Crippen LogP contribution in [0.15, 0.2) is 59.1 Å². The molecule has 4 rings (SSSR count). The van der Waals surface area contributed by atoms with Gasteiger partial charge in [0.25, 0.3) is 5.91 Å². The number of hydrogen-bond donors (Lipinski definition) is 2. The molecule has 3 atom stereocenters. The second-order valence-corrected chi connectivity index (χ2v) is 7.94. The predicted octanol–water partition coefficient (Wildman–Crippen LogP) is 4.43. The van der Waals surface area contributed by atoms with Gasteiger partial charge in [0.2, 0.25) is 0 Å². The number of nitrogens with one attached hydrogen (secondary N) is 2. The lowest BCUT2D eigenvalue weighted by Crippen LogP contribution is -2.53. The van der Waals surface area contributed by atoms with Gasteiger partial charge in [-0.2, -0.15) is 13.2 Å². The van der Waals surface area contributed by atoms with Crippen molar-refractivity contribution in [2.45, 2.75) is 24.3 Å². The average Bonchev–Trinajstić information content (AvgIpc) is 3.03. The van der Waals surface area contributed by atoms with E-state index in [0.717, 1.165) is 9.48 Å². The third kappa shape index (κ3) is 3.52. The van der Waals surface area contributed by atoms with E-state index in [4.69, 9.17) is 11.6 Å². The fraction of sp³-hybridized carbons (Fsp3) is 0.211. The Morgan fingerprint density at radius 1 is 1.04 bits per heavy atom. The normalized spacial score (nSPS) is 24.6. The van der Waals surface area contributed by atoms with Crippen molar-refractivity contribution < 1.29 is 18.0 Å². The second kappa shape index (κ2) is 7.09. The molecular formula is C19H14BrClF3N3O. The predicted molar refractivity (Wildman–Crippen MR) is 103 cm³/mol. The van der Waals surface area contributed by atoms with E-state index in [1.807, 2.05) is 0 Å². The van der Waals surface area contributed by atoms with Crippen molar-refractivity contribution in [3.63, 3.8) is 0 Å². The summed E-state index contributed by atoms with van der Waals surface area (Å²) in [7, 11) is 0. The summed E-state index contributed by atoms with van der Waals surface area (Å²) in [6.07, 6.45) is -4.14. The molecule has 2 heterocycles. The van der Waals surface area contributed by atoms with Gasteiger partial charge in [0.15, 0.2) is 0 Å². The molecule has 1 fully saturated rings. The Morgan fingerprint density at radius 2 is 1.68 bits per heavy atom. The third-order valence-corrected chi connectivity index (χ3v) is 5.61. The molecule has 0 saturated carbocycles. The lowest BCUT2D eigenvalue weighted by Gasteiger charge is -2.33. The second-order valence-electron chi connectivity index (χ2n) is 6.59. The number of nitrogens with zero attached hydrogens (tertiary/aromatic N) is 1. The largest absolute Gasteiger partial charge is 0.406 e. The molecule has 2 N–H and O–H groups in total. The smallest absolute Gasteiger partial charge is 0.363 e. The molecule has 2 aliphatic rings. The van der Waals surface area contributed by atoms with Gasteiger partial charge in [0.05, 0.1) is 5.92 Å². The molecule has 4 nitrogen and oxygen atoms in total. The standard InChI is InChI=1S/C19H14BrClF3N3O/c20-12-5-1-10(2-6-12)14-9-15(28)27-18(25-14)16(17(26-27)19(22,23)24)11-3-7-13(21)8-4-11/h1-9,16-18,25-26H. The molecule has 9 heteroatoms. The highest BCUT2D eigenvalue weighted by molar-refractivity contribution is 9.10. The average molecular weight is 473 g/mol. The van der Waals surface area contributed by atoms with E-state index < -0.39 is 30.2 Å². The van der Waals surface area contributed by atoms with E-state index in [1.54, 1.807) is 48.5 Å². The molecule has 0 aromatic heterocycles. The van der Waals surface area contributed by atoms with E-state index >= 15 is 0 Å². The lowest BCUT2D eigenvalue weighted by atomic mass is 9.89. The van der Waals surface area contributed by atoms with Crippen molar-refractivity contribution in [3.8, 4) is 0 Å². The van der Waals surface area contributed by atoms with Gasteiger partial charge in [0.1, 0.15) is 12.2 Å². The molecule has 0 aliphatic carbocycles. The Bertz CT molecular complexity index is 931. The van der Waals surface area contributed by atoms with E-state index in [2.05, 4.69) is 26.7 Å². The van der Waals surface area contributed by atoms with Crippen LogP contribution in [0.4, 0.5) is 13.2 Å². The molecule has 2 aliphatic heterocycles. The van der Waals surface area contributed by atoms with Crippen molar-refractivity contribution >= 4 is 39.1 Å². The number of alkyl halides is 3.